The first kappa shape index (κ1) is 28.2. The van der Waals surface area contributed by atoms with Gasteiger partial charge in [-0.1, -0.05) is 6.07 Å². The number of carbonyl (C=O) groups is 1. The third kappa shape index (κ3) is 5.91. The molecule has 1 fully saturated rings. The van der Waals surface area contributed by atoms with Gasteiger partial charge in [-0.25, -0.2) is 4.39 Å². The number of amides is 1. The standard InChI is InChI=1S/C29H30F4N6O2/c1-4-39-16-22(26(36-39)29(31,32)33)20-11-17(15-38-10-9-37(2)28(38)34)12-21(13-20)27(40)35-25(18-5-6-18)19-7-8-23(30)24(14-19)41-3/h7-14,16,18,25,34H,4-6,15H2,1-3H3,(H,35,40)/t25-/m0/s1. The lowest BCUT2D eigenvalue weighted by Crippen LogP contribution is -2.30. The highest BCUT2D eigenvalue weighted by atomic mass is 19.4. The highest BCUT2D eigenvalue weighted by Gasteiger charge is 2.38. The van der Waals surface area contributed by atoms with Crippen LogP contribution in [0.5, 0.6) is 5.75 Å². The zero-order valence-electron chi connectivity index (χ0n) is 22.8. The summed E-state index contributed by atoms with van der Waals surface area (Å²) < 4.78 is 65.5. The summed E-state index contributed by atoms with van der Waals surface area (Å²) in [4.78, 5) is 13.7. The third-order valence-corrected chi connectivity index (χ3v) is 7.26. The smallest absolute Gasteiger partial charge is 0.435 e. The fraction of sp³-hybridized carbons (Fsp3) is 0.345. The molecular weight excluding hydrogens is 540 g/mol. The van der Waals surface area contributed by atoms with Crippen LogP contribution in [-0.2, 0) is 26.3 Å². The van der Waals surface area contributed by atoms with Crippen LogP contribution in [0.3, 0.4) is 0 Å². The van der Waals surface area contributed by atoms with Gasteiger partial charge >= 0.3 is 6.18 Å². The van der Waals surface area contributed by atoms with Gasteiger partial charge in [0.05, 0.1) is 19.7 Å². The summed E-state index contributed by atoms with van der Waals surface area (Å²) in [6.45, 7) is 2.09. The van der Waals surface area contributed by atoms with E-state index in [1.165, 1.54) is 30.1 Å². The molecule has 0 bridgehead atoms. The van der Waals surface area contributed by atoms with Crippen LogP contribution in [0.15, 0.2) is 55.0 Å². The number of methoxy groups -OCH3 is 1. The van der Waals surface area contributed by atoms with Crippen molar-refractivity contribution in [2.75, 3.05) is 7.11 Å². The number of aryl methyl sites for hydroxylation is 2. The molecule has 0 aliphatic heterocycles. The van der Waals surface area contributed by atoms with Crippen LogP contribution in [0, 0.1) is 17.1 Å². The molecule has 216 valence electrons. The summed E-state index contributed by atoms with van der Waals surface area (Å²) in [5.41, 5.74) is 0.591. The lowest BCUT2D eigenvalue weighted by atomic mass is 9.98. The molecular formula is C29H30F4N6O2. The van der Waals surface area contributed by atoms with E-state index in [9.17, 15) is 22.4 Å². The molecule has 1 amide bonds. The van der Waals surface area contributed by atoms with Crippen LogP contribution >= 0.6 is 0 Å². The van der Waals surface area contributed by atoms with Gasteiger partial charge in [0.15, 0.2) is 17.3 Å². The van der Waals surface area contributed by atoms with Crippen LogP contribution < -0.4 is 15.7 Å². The Morgan fingerprint density at radius 2 is 1.95 bits per heavy atom. The Kier molecular flexibility index (Phi) is 7.50. The Morgan fingerprint density at radius 1 is 1.20 bits per heavy atom. The van der Waals surface area contributed by atoms with E-state index in [2.05, 4.69) is 10.4 Å². The zero-order chi connectivity index (χ0) is 29.5. The van der Waals surface area contributed by atoms with E-state index in [1.54, 1.807) is 59.8 Å². The van der Waals surface area contributed by atoms with E-state index in [0.717, 1.165) is 12.8 Å². The van der Waals surface area contributed by atoms with E-state index in [1.807, 2.05) is 0 Å². The first-order valence-corrected chi connectivity index (χ1v) is 13.2. The summed E-state index contributed by atoms with van der Waals surface area (Å²) in [6.07, 6.45) is 1.76. The van der Waals surface area contributed by atoms with Crippen LogP contribution in [0.4, 0.5) is 17.6 Å². The topological polar surface area (TPSA) is 89.9 Å². The molecule has 1 atom stereocenters. The molecule has 5 rings (SSSR count). The van der Waals surface area contributed by atoms with Gasteiger partial charge < -0.3 is 19.2 Å². The predicted molar refractivity (Wildman–Crippen MR) is 143 cm³/mol. The van der Waals surface area contributed by atoms with E-state index >= 15 is 0 Å². The molecule has 2 N–H and O–H groups in total. The first-order valence-electron chi connectivity index (χ1n) is 13.2. The molecule has 12 heteroatoms. The minimum atomic E-state index is -4.70. The number of halogens is 4. The Morgan fingerprint density at radius 3 is 2.56 bits per heavy atom. The molecule has 8 nitrogen and oxygen atoms in total. The second-order valence-electron chi connectivity index (χ2n) is 10.2. The van der Waals surface area contributed by atoms with Gasteiger partial charge in [0.1, 0.15) is 0 Å². The fourth-order valence-electron chi connectivity index (χ4n) is 4.92. The Bertz CT molecular complexity index is 1650. The van der Waals surface area contributed by atoms with Crippen molar-refractivity contribution in [3.8, 4) is 16.9 Å². The minimum absolute atomic E-state index is 0.0605. The Labute approximate surface area is 233 Å². The summed E-state index contributed by atoms with van der Waals surface area (Å²) >= 11 is 0. The second kappa shape index (κ2) is 10.9. The number of hydrogen-bond acceptors (Lipinski definition) is 4. The van der Waals surface area contributed by atoms with Gasteiger partial charge in [-0.2, -0.15) is 18.3 Å². The molecule has 0 spiro atoms. The van der Waals surface area contributed by atoms with Crippen molar-refractivity contribution in [3.05, 3.63) is 88.8 Å². The minimum Gasteiger partial charge on any atom is -0.494 e. The predicted octanol–water partition coefficient (Wildman–Crippen LogP) is 5.29. The van der Waals surface area contributed by atoms with Crippen molar-refractivity contribution < 1.29 is 27.1 Å². The molecule has 1 aliphatic carbocycles. The lowest BCUT2D eigenvalue weighted by Gasteiger charge is -2.20. The largest absolute Gasteiger partial charge is 0.494 e. The maximum atomic E-state index is 14.1. The van der Waals surface area contributed by atoms with Crippen LogP contribution in [-0.4, -0.2) is 31.9 Å². The van der Waals surface area contributed by atoms with Crippen LogP contribution in [0.25, 0.3) is 11.1 Å². The van der Waals surface area contributed by atoms with Gasteiger partial charge in [0.2, 0.25) is 5.62 Å². The summed E-state index contributed by atoms with van der Waals surface area (Å²) in [5.74, 6) is -0.795. The molecule has 41 heavy (non-hydrogen) atoms. The van der Waals surface area contributed by atoms with Gasteiger partial charge in [-0.05, 0) is 72.7 Å². The number of carbonyl (C=O) groups excluding carboxylic acids is 1. The Balaban J connectivity index is 1.56. The van der Waals surface area contributed by atoms with Crippen molar-refractivity contribution in [3.63, 3.8) is 0 Å². The number of nitrogens with one attached hydrogen (secondary N) is 2. The molecule has 2 aromatic carbocycles. The number of hydrogen-bond donors (Lipinski definition) is 2. The molecule has 1 aliphatic rings. The summed E-state index contributed by atoms with van der Waals surface area (Å²) in [7, 11) is 3.08. The van der Waals surface area contributed by atoms with Gasteiger partial charge in [-0.15, -0.1) is 0 Å². The van der Waals surface area contributed by atoms with Crippen molar-refractivity contribution in [2.45, 2.75) is 45.1 Å². The maximum Gasteiger partial charge on any atom is 0.435 e. The summed E-state index contributed by atoms with van der Waals surface area (Å²) in [5, 5.41) is 15.0. The number of rotatable bonds is 9. The number of nitrogens with zero attached hydrogens (tertiary/aromatic N) is 4. The highest BCUT2D eigenvalue weighted by molar-refractivity contribution is 5.96. The van der Waals surface area contributed by atoms with Crippen LogP contribution in [0.1, 0.15) is 53.0 Å². The molecule has 0 saturated heterocycles. The third-order valence-electron chi connectivity index (χ3n) is 7.26. The van der Waals surface area contributed by atoms with E-state index < -0.39 is 29.6 Å². The summed E-state index contributed by atoms with van der Waals surface area (Å²) in [6, 6.07) is 8.64. The number of aromatic nitrogens is 4. The fourth-order valence-corrected chi connectivity index (χ4v) is 4.92. The average molecular weight is 571 g/mol. The number of benzene rings is 2. The van der Waals surface area contributed by atoms with Gasteiger partial charge in [0, 0.05) is 43.3 Å². The van der Waals surface area contributed by atoms with E-state index in [0.29, 0.717) is 11.1 Å². The van der Waals surface area contributed by atoms with Crippen molar-refractivity contribution in [1.82, 2.24) is 24.2 Å². The quantitative estimate of drug-likeness (QED) is 0.268. The number of alkyl halides is 3. The molecule has 2 heterocycles. The maximum absolute atomic E-state index is 14.1. The number of ether oxygens (including phenoxy) is 1. The van der Waals surface area contributed by atoms with Crippen LogP contribution in [0.2, 0.25) is 0 Å². The van der Waals surface area contributed by atoms with Crippen molar-refractivity contribution in [2.24, 2.45) is 13.0 Å². The molecule has 0 radical (unpaired) electrons. The SMILES string of the molecule is CCn1cc(-c2cc(Cn3ccn(C)c3=N)cc(C(=O)N[C@H](c3ccc(F)c(OC)c3)C3CC3)c2)c(C(F)(F)F)n1. The number of imidazole rings is 1. The first-order chi connectivity index (χ1) is 19.5. The molecule has 0 unspecified atom stereocenters. The molecule has 4 aromatic rings. The normalized spacial score (nSPS) is 14.2. The van der Waals surface area contributed by atoms with E-state index in [-0.39, 0.29) is 47.1 Å². The Hall–Kier alpha value is -4.35. The second-order valence-corrected chi connectivity index (χ2v) is 10.2. The van der Waals surface area contributed by atoms with Gasteiger partial charge in [0.25, 0.3) is 5.91 Å². The van der Waals surface area contributed by atoms with E-state index in [4.69, 9.17) is 10.1 Å². The van der Waals surface area contributed by atoms with Crippen molar-refractivity contribution in [1.29, 1.82) is 5.41 Å². The van der Waals surface area contributed by atoms with Crippen molar-refractivity contribution >= 4 is 5.91 Å². The molecule has 1 saturated carbocycles. The monoisotopic (exact) mass is 570 g/mol. The lowest BCUT2D eigenvalue weighted by molar-refractivity contribution is -0.141. The zero-order valence-corrected chi connectivity index (χ0v) is 22.8. The highest BCUT2D eigenvalue weighted by Crippen LogP contribution is 2.42. The average Bonchev–Trinajstić information content (AvgIpc) is 3.61. The molecule has 2 aromatic heterocycles. The van der Waals surface area contributed by atoms with Gasteiger partial charge in [-0.3, -0.25) is 14.9 Å².